The van der Waals surface area contributed by atoms with Crippen LogP contribution < -0.4 is 4.72 Å². The molecule has 1 saturated heterocycles. The number of nitrogens with one attached hydrogen (secondary N) is 1. The summed E-state index contributed by atoms with van der Waals surface area (Å²) in [7, 11) is -1.67. The molecule has 1 aliphatic rings. The Kier molecular flexibility index (Phi) is 9.66. The second kappa shape index (κ2) is 12.1. The standard InChI is InChI=1S/C26H33ClF3N3O3S/c1-18-7-8-20(16-24(18)27)23(11-14-33-12-9-22(10-13-33)31-37(3,35)36)25(34)32(2)17-19-5-4-6-21(15-19)26(28,29)30/h4-8,15-16,22-23,31H,9-14,17H2,1-3H3. The van der Waals surface area contributed by atoms with Gasteiger partial charge in [0.2, 0.25) is 15.9 Å². The van der Waals surface area contributed by atoms with Gasteiger partial charge in [-0.25, -0.2) is 13.1 Å². The summed E-state index contributed by atoms with van der Waals surface area (Å²) in [4.78, 5) is 17.2. The van der Waals surface area contributed by atoms with Gasteiger partial charge in [0.05, 0.1) is 17.7 Å². The van der Waals surface area contributed by atoms with Gasteiger partial charge in [0.1, 0.15) is 0 Å². The van der Waals surface area contributed by atoms with Crippen LogP contribution in [0.2, 0.25) is 5.02 Å². The number of rotatable bonds is 9. The number of halogens is 4. The number of likely N-dealkylation sites (N-methyl/N-ethyl adjacent to an activating group) is 1. The van der Waals surface area contributed by atoms with Gasteiger partial charge < -0.3 is 9.80 Å². The van der Waals surface area contributed by atoms with Crippen LogP contribution in [0, 0.1) is 6.92 Å². The van der Waals surface area contributed by atoms with E-state index < -0.39 is 27.7 Å². The first-order valence-electron chi connectivity index (χ1n) is 12.1. The molecule has 1 atom stereocenters. The van der Waals surface area contributed by atoms with Gasteiger partial charge in [-0.3, -0.25) is 4.79 Å². The zero-order valence-electron chi connectivity index (χ0n) is 21.2. The maximum atomic E-state index is 13.6. The molecule has 1 amide bonds. The molecule has 204 valence electrons. The first-order valence-corrected chi connectivity index (χ1v) is 14.4. The summed E-state index contributed by atoms with van der Waals surface area (Å²) in [6.45, 7) is 3.93. The van der Waals surface area contributed by atoms with Crippen LogP contribution in [-0.2, 0) is 27.5 Å². The molecule has 1 fully saturated rings. The van der Waals surface area contributed by atoms with Crippen LogP contribution in [0.15, 0.2) is 42.5 Å². The molecule has 1 heterocycles. The van der Waals surface area contributed by atoms with E-state index in [0.29, 0.717) is 49.5 Å². The number of sulfonamides is 1. The van der Waals surface area contributed by atoms with E-state index in [4.69, 9.17) is 11.6 Å². The third-order valence-corrected chi connectivity index (χ3v) is 7.82. The Morgan fingerprint density at radius 1 is 1.19 bits per heavy atom. The van der Waals surface area contributed by atoms with Crippen LogP contribution in [0.3, 0.4) is 0 Å². The monoisotopic (exact) mass is 559 g/mol. The molecule has 1 unspecified atom stereocenters. The predicted octanol–water partition coefficient (Wildman–Crippen LogP) is 4.81. The summed E-state index contributed by atoms with van der Waals surface area (Å²) in [6, 6.07) is 10.4. The van der Waals surface area contributed by atoms with Crippen LogP contribution in [0.5, 0.6) is 0 Å². The van der Waals surface area contributed by atoms with Crippen LogP contribution in [-0.4, -0.2) is 63.1 Å². The van der Waals surface area contributed by atoms with Crippen LogP contribution >= 0.6 is 11.6 Å². The molecule has 0 aromatic heterocycles. The zero-order valence-corrected chi connectivity index (χ0v) is 22.8. The van der Waals surface area contributed by atoms with Gasteiger partial charge in [0.25, 0.3) is 0 Å². The van der Waals surface area contributed by atoms with Crippen molar-refractivity contribution in [3.05, 3.63) is 69.7 Å². The summed E-state index contributed by atoms with van der Waals surface area (Å²) in [5, 5.41) is 0.545. The molecule has 1 N–H and O–H groups in total. The first-order chi connectivity index (χ1) is 17.2. The van der Waals surface area contributed by atoms with E-state index in [1.165, 1.54) is 11.0 Å². The summed E-state index contributed by atoms with van der Waals surface area (Å²) in [6.07, 6.45) is -1.45. The maximum absolute atomic E-state index is 13.6. The molecule has 11 heteroatoms. The van der Waals surface area contributed by atoms with Gasteiger partial charge >= 0.3 is 6.18 Å². The fraction of sp³-hybridized carbons (Fsp3) is 0.500. The van der Waals surface area contributed by atoms with E-state index in [1.807, 2.05) is 19.1 Å². The molecule has 37 heavy (non-hydrogen) atoms. The van der Waals surface area contributed by atoms with Crippen molar-refractivity contribution in [3.8, 4) is 0 Å². The molecule has 2 aromatic carbocycles. The molecule has 0 radical (unpaired) electrons. The smallest absolute Gasteiger partial charge is 0.341 e. The van der Waals surface area contributed by atoms with E-state index in [9.17, 15) is 26.4 Å². The van der Waals surface area contributed by atoms with Crippen molar-refractivity contribution in [2.24, 2.45) is 0 Å². The number of hydrogen-bond acceptors (Lipinski definition) is 4. The average molecular weight is 560 g/mol. The third-order valence-electron chi connectivity index (χ3n) is 6.65. The number of aryl methyl sites for hydroxylation is 1. The molecule has 6 nitrogen and oxygen atoms in total. The number of piperidine rings is 1. The molecule has 3 rings (SSSR count). The number of amides is 1. The highest BCUT2D eigenvalue weighted by atomic mass is 35.5. The minimum Gasteiger partial charge on any atom is -0.341 e. The van der Waals surface area contributed by atoms with Crippen LogP contribution in [0.4, 0.5) is 13.2 Å². The quantitative estimate of drug-likeness (QED) is 0.478. The van der Waals surface area contributed by atoms with E-state index in [2.05, 4.69) is 9.62 Å². The lowest BCUT2D eigenvalue weighted by atomic mass is 9.92. The van der Waals surface area contributed by atoms with Crippen molar-refractivity contribution in [2.45, 2.75) is 50.9 Å². The zero-order chi connectivity index (χ0) is 27.4. The lowest BCUT2D eigenvalue weighted by molar-refractivity contribution is -0.137. The number of nitrogens with zero attached hydrogens (tertiary/aromatic N) is 2. The molecular weight excluding hydrogens is 527 g/mol. The Balaban J connectivity index is 1.72. The van der Waals surface area contributed by atoms with E-state index in [1.54, 1.807) is 19.2 Å². The molecular formula is C26H33ClF3N3O3S. The van der Waals surface area contributed by atoms with Crippen molar-refractivity contribution in [3.63, 3.8) is 0 Å². The van der Waals surface area contributed by atoms with Gasteiger partial charge in [-0.15, -0.1) is 0 Å². The van der Waals surface area contributed by atoms with Crippen molar-refractivity contribution in [1.29, 1.82) is 0 Å². The predicted molar refractivity (Wildman–Crippen MR) is 139 cm³/mol. The summed E-state index contributed by atoms with van der Waals surface area (Å²) in [5.74, 6) is -0.730. The molecule has 0 saturated carbocycles. The Hall–Kier alpha value is -2.14. The number of hydrogen-bond donors (Lipinski definition) is 1. The number of likely N-dealkylation sites (tertiary alicyclic amines) is 1. The highest BCUT2D eigenvalue weighted by molar-refractivity contribution is 7.88. The summed E-state index contributed by atoms with van der Waals surface area (Å²) < 4.78 is 65.1. The highest BCUT2D eigenvalue weighted by Gasteiger charge is 2.31. The van der Waals surface area contributed by atoms with Gasteiger partial charge in [0, 0.05) is 24.7 Å². The number of alkyl halides is 3. The van der Waals surface area contributed by atoms with Gasteiger partial charge in [-0.05, 0) is 80.7 Å². The first kappa shape index (κ1) is 29.4. The lowest BCUT2D eigenvalue weighted by Gasteiger charge is -2.33. The Bertz CT molecular complexity index is 1200. The van der Waals surface area contributed by atoms with Crippen molar-refractivity contribution in [1.82, 2.24) is 14.5 Å². The summed E-state index contributed by atoms with van der Waals surface area (Å²) >= 11 is 6.35. The maximum Gasteiger partial charge on any atom is 0.416 e. The molecule has 0 bridgehead atoms. The average Bonchev–Trinajstić information content (AvgIpc) is 2.81. The van der Waals surface area contributed by atoms with E-state index >= 15 is 0 Å². The van der Waals surface area contributed by atoms with E-state index in [-0.39, 0.29) is 18.5 Å². The number of carbonyl (C=O) groups excluding carboxylic acids is 1. The minimum atomic E-state index is -4.45. The topological polar surface area (TPSA) is 69.7 Å². The number of benzene rings is 2. The molecule has 1 aliphatic heterocycles. The molecule has 0 spiro atoms. The normalized spacial score (nSPS) is 16.5. The highest BCUT2D eigenvalue weighted by Crippen LogP contribution is 2.31. The van der Waals surface area contributed by atoms with Crippen LogP contribution in [0.1, 0.15) is 47.4 Å². The van der Waals surface area contributed by atoms with Crippen molar-refractivity contribution >= 4 is 27.5 Å². The Morgan fingerprint density at radius 2 is 1.86 bits per heavy atom. The Labute approximate surface area is 221 Å². The number of carbonyl (C=O) groups is 1. The van der Waals surface area contributed by atoms with Gasteiger partial charge in [-0.1, -0.05) is 35.9 Å². The third kappa shape index (κ3) is 8.70. The molecule has 2 aromatic rings. The largest absolute Gasteiger partial charge is 0.416 e. The van der Waals surface area contributed by atoms with Crippen molar-refractivity contribution < 1.29 is 26.4 Å². The van der Waals surface area contributed by atoms with Gasteiger partial charge in [-0.2, -0.15) is 13.2 Å². The fourth-order valence-corrected chi connectivity index (χ4v) is 5.64. The van der Waals surface area contributed by atoms with Gasteiger partial charge in [0.15, 0.2) is 0 Å². The Morgan fingerprint density at radius 3 is 2.46 bits per heavy atom. The SMILES string of the molecule is Cc1ccc(C(CCN2CCC(NS(C)(=O)=O)CC2)C(=O)N(C)Cc2cccc(C(F)(F)F)c2)cc1Cl. The van der Waals surface area contributed by atoms with Crippen LogP contribution in [0.25, 0.3) is 0 Å². The fourth-order valence-electron chi connectivity index (χ4n) is 4.61. The second-order valence-corrected chi connectivity index (χ2v) is 11.9. The summed E-state index contributed by atoms with van der Waals surface area (Å²) in [5.41, 5.74) is 1.28. The van der Waals surface area contributed by atoms with Crippen molar-refractivity contribution in [2.75, 3.05) is 32.9 Å². The van der Waals surface area contributed by atoms with E-state index in [0.717, 1.165) is 29.5 Å². The lowest BCUT2D eigenvalue weighted by Crippen LogP contribution is -2.45. The molecule has 0 aliphatic carbocycles. The second-order valence-electron chi connectivity index (χ2n) is 9.75. The minimum absolute atomic E-state index is 0.0431.